The number of hydrogen-bond donors (Lipinski definition) is 1. The summed E-state index contributed by atoms with van der Waals surface area (Å²) in [7, 11) is -1.66. The summed E-state index contributed by atoms with van der Waals surface area (Å²) in [6, 6.07) is 0. The van der Waals surface area contributed by atoms with Crippen LogP contribution >= 0.6 is 0 Å². The van der Waals surface area contributed by atoms with Crippen LogP contribution in [0.15, 0.2) is 0 Å². The van der Waals surface area contributed by atoms with Crippen LogP contribution in [0.5, 0.6) is 0 Å². The van der Waals surface area contributed by atoms with E-state index in [2.05, 4.69) is 13.8 Å². The minimum absolute atomic E-state index is 0.787. The quantitative estimate of drug-likeness (QED) is 0.602. The van der Waals surface area contributed by atoms with E-state index in [0.29, 0.717) is 0 Å². The second kappa shape index (κ2) is 3.26. The fourth-order valence-electron chi connectivity index (χ4n) is 1.80. The zero-order chi connectivity index (χ0) is 8.48. The van der Waals surface area contributed by atoms with Gasteiger partial charge >= 0.3 is 0 Å². The second-order valence-electron chi connectivity index (χ2n) is 4.33. The van der Waals surface area contributed by atoms with Crippen LogP contribution < -0.4 is 0 Å². The summed E-state index contributed by atoms with van der Waals surface area (Å²) in [4.78, 5) is 0. The van der Waals surface area contributed by atoms with Gasteiger partial charge in [-0.15, -0.1) is 9.93 Å². The molecule has 0 saturated carbocycles. The summed E-state index contributed by atoms with van der Waals surface area (Å²) in [5.41, 5.74) is 0. The topological polar surface area (TPSA) is 17.1 Å². The lowest BCUT2D eigenvalue weighted by atomic mass is 9.91. The lowest BCUT2D eigenvalue weighted by Crippen LogP contribution is -2.30. The Morgan fingerprint density at radius 3 is 2.09 bits per heavy atom. The van der Waals surface area contributed by atoms with E-state index in [9.17, 15) is 4.21 Å². The van der Waals surface area contributed by atoms with Crippen molar-refractivity contribution in [1.29, 1.82) is 0 Å². The Hall–Kier alpha value is 0.150. The number of thiol groups is 1. The maximum absolute atomic E-state index is 11.6. The van der Waals surface area contributed by atoms with Gasteiger partial charge in [0, 0.05) is 11.5 Å². The highest BCUT2D eigenvalue weighted by Gasteiger charge is 2.23. The average Bonchev–Trinajstić information content (AvgIpc) is 1.86. The van der Waals surface area contributed by atoms with Gasteiger partial charge in [0.1, 0.15) is 0 Å². The summed E-state index contributed by atoms with van der Waals surface area (Å²) in [6.45, 7) is 4.55. The van der Waals surface area contributed by atoms with E-state index in [1.807, 2.05) is 6.26 Å². The van der Waals surface area contributed by atoms with Crippen LogP contribution in [-0.2, 0) is 9.93 Å². The molecule has 0 spiro atoms. The summed E-state index contributed by atoms with van der Waals surface area (Å²) >= 11 is 0. The molecular weight excluding hydrogens is 156 g/mol. The van der Waals surface area contributed by atoms with Gasteiger partial charge in [-0.2, -0.15) is 0 Å². The van der Waals surface area contributed by atoms with Gasteiger partial charge in [-0.25, -0.2) is 0 Å². The van der Waals surface area contributed by atoms with E-state index in [-0.39, 0.29) is 0 Å². The highest BCUT2D eigenvalue weighted by molar-refractivity contribution is 8.02. The molecule has 0 aromatic rings. The highest BCUT2D eigenvalue weighted by atomic mass is 32.2. The summed E-state index contributed by atoms with van der Waals surface area (Å²) in [5, 5.41) is 0. The van der Waals surface area contributed by atoms with Crippen LogP contribution in [0.25, 0.3) is 0 Å². The molecule has 1 fully saturated rings. The van der Waals surface area contributed by atoms with Crippen LogP contribution in [0, 0.1) is 11.8 Å². The highest BCUT2D eigenvalue weighted by Crippen LogP contribution is 2.27. The van der Waals surface area contributed by atoms with Crippen LogP contribution in [0.1, 0.15) is 26.7 Å². The Kier molecular flexibility index (Phi) is 2.74. The standard InChI is InChI=1S/C9H20OS/c1-8(2)9-4-6-11(3,10)7-5-9/h8-9,11H,4-7H2,1-3H3. The molecule has 0 aromatic carbocycles. The van der Waals surface area contributed by atoms with Gasteiger partial charge in [-0.1, -0.05) is 13.8 Å². The lowest BCUT2D eigenvalue weighted by molar-refractivity contribution is 0.355. The van der Waals surface area contributed by atoms with Gasteiger partial charge in [0.15, 0.2) is 0 Å². The van der Waals surface area contributed by atoms with Crippen molar-refractivity contribution in [3.63, 3.8) is 0 Å². The maximum atomic E-state index is 11.6. The SMILES string of the molecule is CC(C)C1CC[SH](C)(=O)CC1. The first-order chi connectivity index (χ1) is 5.01. The zero-order valence-electron chi connectivity index (χ0n) is 7.84. The third-order valence-electron chi connectivity index (χ3n) is 2.89. The smallest absolute Gasteiger partial charge is 0.00129 e. The van der Waals surface area contributed by atoms with E-state index in [0.717, 1.165) is 23.3 Å². The fraction of sp³-hybridized carbons (Fsp3) is 1.00. The molecule has 0 N–H and O–H groups in total. The van der Waals surface area contributed by atoms with E-state index < -0.39 is 9.93 Å². The molecule has 1 rings (SSSR count). The number of rotatable bonds is 1. The molecule has 68 valence electrons. The minimum atomic E-state index is -1.66. The molecule has 1 aliphatic heterocycles. The van der Waals surface area contributed by atoms with E-state index >= 15 is 0 Å². The molecule has 1 aliphatic rings. The third-order valence-corrected chi connectivity index (χ3v) is 5.30. The van der Waals surface area contributed by atoms with Crippen LogP contribution in [0.4, 0.5) is 0 Å². The first-order valence-electron chi connectivity index (χ1n) is 4.57. The average molecular weight is 176 g/mol. The van der Waals surface area contributed by atoms with Crippen molar-refractivity contribution in [1.82, 2.24) is 0 Å². The van der Waals surface area contributed by atoms with Gasteiger partial charge in [0.05, 0.1) is 0 Å². The molecule has 0 aromatic heterocycles. The molecule has 11 heavy (non-hydrogen) atoms. The van der Waals surface area contributed by atoms with E-state index in [4.69, 9.17) is 0 Å². The van der Waals surface area contributed by atoms with Gasteiger partial charge in [0.2, 0.25) is 0 Å². The van der Waals surface area contributed by atoms with Gasteiger partial charge in [-0.05, 0) is 30.9 Å². The molecule has 1 saturated heterocycles. The van der Waals surface area contributed by atoms with Crippen molar-refractivity contribution in [3.05, 3.63) is 0 Å². The lowest BCUT2D eigenvalue weighted by Gasteiger charge is -2.31. The predicted molar refractivity (Wildman–Crippen MR) is 52.8 cm³/mol. The minimum Gasteiger partial charge on any atom is -0.285 e. The molecule has 1 nitrogen and oxygen atoms in total. The Labute approximate surface area is 71.0 Å². The predicted octanol–water partition coefficient (Wildman–Crippen LogP) is 1.70. The second-order valence-corrected chi connectivity index (χ2v) is 7.81. The van der Waals surface area contributed by atoms with Gasteiger partial charge in [0.25, 0.3) is 0 Å². The van der Waals surface area contributed by atoms with E-state index in [1.54, 1.807) is 0 Å². The first kappa shape index (κ1) is 9.24. The Morgan fingerprint density at radius 1 is 1.27 bits per heavy atom. The third kappa shape index (κ3) is 2.58. The van der Waals surface area contributed by atoms with Gasteiger partial charge in [-0.3, -0.25) is 4.21 Å². The van der Waals surface area contributed by atoms with Crippen LogP contribution in [0.3, 0.4) is 0 Å². The van der Waals surface area contributed by atoms with Crippen molar-refractivity contribution < 1.29 is 4.21 Å². The summed E-state index contributed by atoms with van der Waals surface area (Å²) in [6.07, 6.45) is 4.36. The molecule has 0 atom stereocenters. The molecule has 0 unspecified atom stereocenters. The summed E-state index contributed by atoms with van der Waals surface area (Å²) < 4.78 is 11.6. The van der Waals surface area contributed by atoms with Crippen LogP contribution in [-0.4, -0.2) is 22.0 Å². The molecule has 2 heteroatoms. The van der Waals surface area contributed by atoms with Crippen molar-refractivity contribution >= 4 is 9.93 Å². The fourth-order valence-corrected chi connectivity index (χ4v) is 3.78. The summed E-state index contributed by atoms with van der Waals surface area (Å²) in [5.74, 6) is 3.62. The zero-order valence-corrected chi connectivity index (χ0v) is 8.73. The maximum Gasteiger partial charge on any atom is 0.00129 e. The van der Waals surface area contributed by atoms with Gasteiger partial charge < -0.3 is 0 Å². The molecule has 0 bridgehead atoms. The first-order valence-corrected chi connectivity index (χ1v) is 7.09. The van der Waals surface area contributed by atoms with E-state index in [1.165, 1.54) is 12.8 Å². The van der Waals surface area contributed by atoms with Crippen molar-refractivity contribution in [3.8, 4) is 0 Å². The van der Waals surface area contributed by atoms with Crippen molar-refractivity contribution in [2.75, 3.05) is 17.8 Å². The molecule has 1 heterocycles. The Bertz CT molecular complexity index is 162. The number of hydrogen-bond acceptors (Lipinski definition) is 1. The normalized spacial score (nSPS) is 33.6. The Balaban J connectivity index is 2.42. The molecule has 0 aliphatic carbocycles. The largest absolute Gasteiger partial charge is 0.285 e. The van der Waals surface area contributed by atoms with Crippen molar-refractivity contribution in [2.24, 2.45) is 11.8 Å². The van der Waals surface area contributed by atoms with Crippen molar-refractivity contribution in [2.45, 2.75) is 26.7 Å². The monoisotopic (exact) mass is 176 g/mol. The molecule has 0 amide bonds. The van der Waals surface area contributed by atoms with Crippen LogP contribution in [0.2, 0.25) is 0 Å². The molecule has 0 radical (unpaired) electrons. The Morgan fingerprint density at radius 2 is 1.73 bits per heavy atom. The molecular formula is C9H20OS.